The molecule has 3 aromatic heterocycles. The summed E-state index contributed by atoms with van der Waals surface area (Å²) in [5.41, 5.74) is 8.98. The van der Waals surface area contributed by atoms with Crippen LogP contribution in [0.1, 0.15) is 38.5 Å². The van der Waals surface area contributed by atoms with E-state index in [9.17, 15) is 4.39 Å². The second-order valence-corrected chi connectivity index (χ2v) is 7.19. The van der Waals surface area contributed by atoms with Gasteiger partial charge in [0.05, 0.1) is 24.3 Å². The number of hydrogen-bond donors (Lipinski definition) is 1. The number of pyridine rings is 1. The van der Waals surface area contributed by atoms with Crippen molar-refractivity contribution >= 4 is 5.82 Å². The Morgan fingerprint density at radius 2 is 1.77 bits per heavy atom. The van der Waals surface area contributed by atoms with Crippen molar-refractivity contribution in [1.29, 1.82) is 0 Å². The Morgan fingerprint density at radius 1 is 1.00 bits per heavy atom. The monoisotopic (exact) mass is 407 g/mol. The van der Waals surface area contributed by atoms with E-state index in [-0.39, 0.29) is 17.7 Å². The maximum absolute atomic E-state index is 14.0. The first-order valence-electron chi connectivity index (χ1n) is 9.55. The SMILES string of the molecule is CC(C)n1cc(-c2cnc(N)c(O[C@H](C)c3cc(F)ccc3-n3nccn3)c2)cn1. The van der Waals surface area contributed by atoms with Gasteiger partial charge >= 0.3 is 0 Å². The van der Waals surface area contributed by atoms with Crippen LogP contribution in [0.2, 0.25) is 0 Å². The average molecular weight is 407 g/mol. The third kappa shape index (κ3) is 3.86. The van der Waals surface area contributed by atoms with Crippen molar-refractivity contribution < 1.29 is 9.13 Å². The summed E-state index contributed by atoms with van der Waals surface area (Å²) in [7, 11) is 0. The molecule has 0 saturated heterocycles. The number of benzene rings is 1. The number of ether oxygens (including phenoxy) is 1. The summed E-state index contributed by atoms with van der Waals surface area (Å²) in [6.07, 6.45) is 7.98. The minimum atomic E-state index is -0.528. The van der Waals surface area contributed by atoms with E-state index in [0.29, 0.717) is 17.0 Å². The molecule has 0 aliphatic carbocycles. The van der Waals surface area contributed by atoms with E-state index in [1.807, 2.05) is 23.9 Å². The van der Waals surface area contributed by atoms with Crippen LogP contribution in [0.15, 0.2) is 55.2 Å². The normalized spacial score (nSPS) is 12.3. The van der Waals surface area contributed by atoms with Crippen LogP contribution in [0, 0.1) is 5.82 Å². The second-order valence-electron chi connectivity index (χ2n) is 7.19. The van der Waals surface area contributed by atoms with Gasteiger partial charge in [-0.3, -0.25) is 4.68 Å². The van der Waals surface area contributed by atoms with E-state index in [1.165, 1.54) is 16.9 Å². The largest absolute Gasteiger partial charge is 0.482 e. The minimum absolute atomic E-state index is 0.247. The highest BCUT2D eigenvalue weighted by atomic mass is 19.1. The van der Waals surface area contributed by atoms with Crippen molar-refractivity contribution in [3.8, 4) is 22.6 Å². The number of hydrogen-bond acceptors (Lipinski definition) is 6. The molecule has 0 spiro atoms. The molecule has 0 amide bonds. The van der Waals surface area contributed by atoms with Gasteiger partial charge in [-0.25, -0.2) is 9.37 Å². The summed E-state index contributed by atoms with van der Waals surface area (Å²) in [5, 5.41) is 12.6. The van der Waals surface area contributed by atoms with E-state index in [2.05, 4.69) is 34.1 Å². The number of nitrogens with two attached hydrogens (primary N) is 1. The van der Waals surface area contributed by atoms with Crippen LogP contribution in [0.5, 0.6) is 5.75 Å². The van der Waals surface area contributed by atoms with Crippen LogP contribution < -0.4 is 10.5 Å². The van der Waals surface area contributed by atoms with Crippen LogP contribution in [-0.4, -0.2) is 29.8 Å². The maximum atomic E-state index is 14.0. The molecule has 0 bridgehead atoms. The Hall–Kier alpha value is -3.75. The lowest BCUT2D eigenvalue weighted by Crippen LogP contribution is -2.11. The van der Waals surface area contributed by atoms with Crippen molar-refractivity contribution in [2.24, 2.45) is 0 Å². The minimum Gasteiger partial charge on any atom is -0.482 e. The Bertz CT molecular complexity index is 1150. The maximum Gasteiger partial charge on any atom is 0.166 e. The van der Waals surface area contributed by atoms with Gasteiger partial charge in [0.25, 0.3) is 0 Å². The highest BCUT2D eigenvalue weighted by Crippen LogP contribution is 2.32. The average Bonchev–Trinajstić information content (AvgIpc) is 3.42. The van der Waals surface area contributed by atoms with Crippen LogP contribution in [-0.2, 0) is 0 Å². The van der Waals surface area contributed by atoms with Gasteiger partial charge in [0, 0.05) is 35.1 Å². The lowest BCUT2D eigenvalue weighted by atomic mass is 10.1. The summed E-state index contributed by atoms with van der Waals surface area (Å²) in [4.78, 5) is 5.68. The Morgan fingerprint density at radius 3 is 2.47 bits per heavy atom. The first-order chi connectivity index (χ1) is 14.4. The smallest absolute Gasteiger partial charge is 0.166 e. The van der Waals surface area contributed by atoms with Crippen molar-refractivity contribution in [2.75, 3.05) is 5.73 Å². The van der Waals surface area contributed by atoms with E-state index >= 15 is 0 Å². The predicted octanol–water partition coefficient (Wildman–Crippen LogP) is 3.97. The molecule has 0 radical (unpaired) electrons. The Labute approximate surface area is 173 Å². The molecule has 8 nitrogen and oxygen atoms in total. The number of halogens is 1. The third-order valence-corrected chi connectivity index (χ3v) is 4.71. The van der Waals surface area contributed by atoms with Gasteiger partial charge in [0.2, 0.25) is 0 Å². The van der Waals surface area contributed by atoms with Gasteiger partial charge in [0.15, 0.2) is 11.6 Å². The molecule has 1 aromatic carbocycles. The lowest BCUT2D eigenvalue weighted by Gasteiger charge is -2.19. The summed E-state index contributed by atoms with van der Waals surface area (Å²) < 4.78 is 21.9. The Kier molecular flexibility index (Phi) is 5.18. The summed E-state index contributed by atoms with van der Waals surface area (Å²) in [6, 6.07) is 6.44. The standard InChI is InChI=1S/C21H22FN7O/c1-13(2)28-12-16(11-27-28)15-8-20(21(23)24-10-15)30-14(3)18-9-17(22)4-5-19(18)29-25-6-7-26-29/h4-14H,1-3H3,(H2,23,24)/t14-/m1/s1. The number of nitrogen functional groups attached to an aromatic ring is 1. The quantitative estimate of drug-likeness (QED) is 0.519. The predicted molar refractivity (Wildman–Crippen MR) is 111 cm³/mol. The molecule has 4 rings (SSSR count). The zero-order valence-electron chi connectivity index (χ0n) is 16.9. The van der Waals surface area contributed by atoms with Crippen molar-refractivity contribution in [3.63, 3.8) is 0 Å². The molecule has 1 atom stereocenters. The topological polar surface area (TPSA) is 96.7 Å². The summed E-state index contributed by atoms with van der Waals surface area (Å²) in [5.74, 6) is 0.273. The summed E-state index contributed by atoms with van der Waals surface area (Å²) >= 11 is 0. The number of anilines is 1. The molecule has 3 heterocycles. The van der Waals surface area contributed by atoms with Gasteiger partial charge in [-0.05, 0) is 45.0 Å². The van der Waals surface area contributed by atoms with Crippen molar-refractivity contribution in [3.05, 3.63) is 66.6 Å². The first kappa shape index (κ1) is 19.6. The van der Waals surface area contributed by atoms with E-state index in [0.717, 1.165) is 11.1 Å². The fraction of sp³-hybridized carbons (Fsp3) is 0.238. The second kappa shape index (κ2) is 7.94. The highest BCUT2D eigenvalue weighted by molar-refractivity contribution is 5.66. The molecule has 30 heavy (non-hydrogen) atoms. The molecule has 0 aliphatic heterocycles. The lowest BCUT2D eigenvalue weighted by molar-refractivity contribution is 0.226. The molecule has 154 valence electrons. The molecule has 2 N–H and O–H groups in total. The van der Waals surface area contributed by atoms with Gasteiger partial charge in [-0.2, -0.15) is 20.1 Å². The molecular weight excluding hydrogens is 385 g/mol. The van der Waals surface area contributed by atoms with Crippen LogP contribution in [0.25, 0.3) is 16.8 Å². The third-order valence-electron chi connectivity index (χ3n) is 4.71. The van der Waals surface area contributed by atoms with E-state index in [1.54, 1.807) is 30.9 Å². The van der Waals surface area contributed by atoms with Gasteiger partial charge < -0.3 is 10.5 Å². The molecule has 0 aliphatic rings. The molecule has 0 fully saturated rings. The summed E-state index contributed by atoms with van der Waals surface area (Å²) in [6.45, 7) is 5.92. The van der Waals surface area contributed by atoms with Gasteiger partial charge in [-0.15, -0.1) is 0 Å². The highest BCUT2D eigenvalue weighted by Gasteiger charge is 2.18. The number of nitrogens with zero attached hydrogens (tertiary/aromatic N) is 6. The molecule has 0 unspecified atom stereocenters. The first-order valence-corrected chi connectivity index (χ1v) is 9.55. The van der Waals surface area contributed by atoms with Crippen molar-refractivity contribution in [1.82, 2.24) is 29.8 Å². The van der Waals surface area contributed by atoms with Crippen LogP contribution >= 0.6 is 0 Å². The fourth-order valence-corrected chi connectivity index (χ4v) is 3.10. The molecule has 9 heteroatoms. The van der Waals surface area contributed by atoms with Gasteiger partial charge in [0.1, 0.15) is 11.9 Å². The van der Waals surface area contributed by atoms with Gasteiger partial charge in [-0.1, -0.05) is 0 Å². The zero-order chi connectivity index (χ0) is 21.3. The van der Waals surface area contributed by atoms with Crippen LogP contribution in [0.3, 0.4) is 0 Å². The zero-order valence-corrected chi connectivity index (χ0v) is 16.9. The number of rotatable bonds is 6. The molecule has 4 aromatic rings. The molecular formula is C21H22FN7O. The van der Waals surface area contributed by atoms with E-state index < -0.39 is 6.10 Å². The Balaban J connectivity index is 1.65. The van der Waals surface area contributed by atoms with Crippen molar-refractivity contribution in [2.45, 2.75) is 32.9 Å². The van der Waals surface area contributed by atoms with E-state index in [4.69, 9.17) is 10.5 Å². The number of aromatic nitrogens is 6. The molecule has 0 saturated carbocycles. The van der Waals surface area contributed by atoms with Crippen LogP contribution in [0.4, 0.5) is 10.2 Å². The fourth-order valence-electron chi connectivity index (χ4n) is 3.10.